The molecular weight excluding hydrogens is 463 g/mol. The van der Waals surface area contributed by atoms with Gasteiger partial charge in [0.05, 0.1) is 18.1 Å². The van der Waals surface area contributed by atoms with Crippen LogP contribution < -0.4 is 16.0 Å². The fraction of sp³-hybridized carbons (Fsp3) is 0.600. The Morgan fingerprint density at radius 3 is 2.81 bits per heavy atom. The highest BCUT2D eigenvalue weighted by Crippen LogP contribution is 2.57. The van der Waals surface area contributed by atoms with Crippen molar-refractivity contribution in [2.24, 2.45) is 5.92 Å². The number of nitrogens with one attached hydrogen (secondary N) is 4. The second kappa shape index (κ2) is 8.43. The lowest BCUT2D eigenvalue weighted by Crippen LogP contribution is -2.68. The Kier molecular flexibility index (Phi) is 5.16. The van der Waals surface area contributed by atoms with E-state index in [1.807, 2.05) is 22.8 Å². The first-order chi connectivity index (χ1) is 17.5. The Hall–Kier alpha value is -3.21. The molecule has 1 saturated heterocycles. The average Bonchev–Trinajstić information content (AvgIpc) is 3.57. The lowest BCUT2D eigenvalue weighted by atomic mass is 9.50. The van der Waals surface area contributed by atoms with Gasteiger partial charge in [0, 0.05) is 29.1 Å². The number of carbonyl (C=O) groups excluding carboxylic acids is 1. The van der Waals surface area contributed by atoms with Crippen LogP contribution in [0, 0.1) is 5.92 Å². The van der Waals surface area contributed by atoms with Gasteiger partial charge in [0.25, 0.3) is 0 Å². The molecule has 4 saturated carbocycles. The molecule has 5 fully saturated rings. The van der Waals surface area contributed by atoms with Crippen LogP contribution >= 0.6 is 0 Å². The highest BCUT2D eigenvalue weighted by atomic mass is 19.1. The summed E-state index contributed by atoms with van der Waals surface area (Å²) in [4.78, 5) is 17.2. The van der Waals surface area contributed by atoms with Crippen molar-refractivity contribution in [3.05, 3.63) is 35.9 Å². The number of alkyl halides is 1. The van der Waals surface area contributed by atoms with Gasteiger partial charge in [-0.05, 0) is 70.0 Å². The monoisotopic (exact) mass is 494 g/mol. The highest BCUT2D eigenvalue weighted by Gasteiger charge is 2.58. The van der Waals surface area contributed by atoms with Crippen LogP contribution in [0.2, 0.25) is 0 Å². The van der Waals surface area contributed by atoms with Crippen LogP contribution in [-0.4, -0.2) is 61.8 Å². The number of hydrogen-bond acceptors (Lipinski definition) is 7. The van der Waals surface area contributed by atoms with Crippen LogP contribution in [0.3, 0.4) is 0 Å². The lowest BCUT2D eigenvalue weighted by molar-refractivity contribution is -0.0530. The summed E-state index contributed by atoms with van der Waals surface area (Å²) in [5.41, 5.74) is 2.63. The minimum atomic E-state index is -1.19. The second-order valence-electron chi connectivity index (χ2n) is 11.0. The predicted molar refractivity (Wildman–Crippen MR) is 130 cm³/mol. The summed E-state index contributed by atoms with van der Waals surface area (Å²) < 4.78 is 22.1. The SMILES string of the molecule is O=C(NC12CC(C1)C2)O[C@H]1C[C@@H](c2cc(Nc3nc(C4CCNCC4)cn4nccc34)n[nH]2)C[C@H]1F. The van der Waals surface area contributed by atoms with Gasteiger partial charge < -0.3 is 20.7 Å². The first-order valence-electron chi connectivity index (χ1n) is 13.0. The molecule has 36 heavy (non-hydrogen) atoms. The van der Waals surface area contributed by atoms with Crippen molar-refractivity contribution >= 4 is 23.2 Å². The van der Waals surface area contributed by atoms with Crippen LogP contribution in [0.1, 0.15) is 68.2 Å². The van der Waals surface area contributed by atoms with Crippen molar-refractivity contribution in [3.8, 4) is 0 Å². The standard InChI is InChI=1S/C25H31FN8O2/c26-17-7-16(8-21(17)36-24(35)31-25-10-14(11-25)12-25)18-9-22(33-32-18)30-23-20-3-6-28-34(20)13-19(29-23)15-1-4-27-5-2-15/h3,6,9,13-17,21,27H,1-2,4-5,7-8,10-12H2,(H,31,35)(H2,29,30,32,33)/t14?,16-,17+,21-,25?/m0/s1. The van der Waals surface area contributed by atoms with E-state index in [1.165, 1.54) is 0 Å². The quantitative estimate of drug-likeness (QED) is 0.414. The van der Waals surface area contributed by atoms with E-state index in [0.717, 1.165) is 68.0 Å². The minimum Gasteiger partial charge on any atom is -0.443 e. The van der Waals surface area contributed by atoms with Crippen molar-refractivity contribution in [3.63, 3.8) is 0 Å². The molecule has 190 valence electrons. The molecule has 2 bridgehead atoms. The van der Waals surface area contributed by atoms with Gasteiger partial charge in [-0.2, -0.15) is 10.2 Å². The number of ether oxygens (including phenoxy) is 1. The molecule has 3 aromatic heterocycles. The van der Waals surface area contributed by atoms with Gasteiger partial charge in [0.15, 0.2) is 11.6 Å². The summed E-state index contributed by atoms with van der Waals surface area (Å²) in [5.74, 6) is 2.36. The number of piperidine rings is 1. The van der Waals surface area contributed by atoms with E-state index in [4.69, 9.17) is 9.72 Å². The third-order valence-electron chi connectivity index (χ3n) is 8.54. The summed E-state index contributed by atoms with van der Waals surface area (Å²) in [6, 6.07) is 3.81. The van der Waals surface area contributed by atoms with Crippen molar-refractivity contribution in [1.82, 2.24) is 35.4 Å². The average molecular weight is 495 g/mol. The molecule has 0 radical (unpaired) electrons. The molecule has 4 heterocycles. The lowest BCUT2D eigenvalue weighted by Gasteiger charge is -2.61. The molecule has 5 aliphatic rings. The molecule has 4 aliphatic carbocycles. The molecule has 0 aromatic carbocycles. The maximum Gasteiger partial charge on any atom is 0.407 e. The summed E-state index contributed by atoms with van der Waals surface area (Å²) in [5, 5.41) is 21.6. The van der Waals surface area contributed by atoms with E-state index in [2.05, 4.69) is 31.2 Å². The Morgan fingerprint density at radius 1 is 1.19 bits per heavy atom. The van der Waals surface area contributed by atoms with Gasteiger partial charge >= 0.3 is 6.09 Å². The summed E-state index contributed by atoms with van der Waals surface area (Å²) in [7, 11) is 0. The van der Waals surface area contributed by atoms with Gasteiger partial charge in [-0.1, -0.05) is 0 Å². The summed E-state index contributed by atoms with van der Waals surface area (Å²) in [6.45, 7) is 1.97. The fourth-order valence-electron chi connectivity index (χ4n) is 6.42. The smallest absolute Gasteiger partial charge is 0.407 e. The minimum absolute atomic E-state index is 0.0738. The molecule has 1 aliphatic heterocycles. The number of rotatable bonds is 6. The van der Waals surface area contributed by atoms with E-state index in [-0.39, 0.29) is 11.5 Å². The van der Waals surface area contributed by atoms with E-state index in [1.54, 1.807) is 6.20 Å². The van der Waals surface area contributed by atoms with Gasteiger partial charge in [-0.15, -0.1) is 0 Å². The topological polar surface area (TPSA) is 121 Å². The number of alkyl carbamates (subject to hydrolysis) is 1. The Morgan fingerprint density at radius 2 is 2.03 bits per heavy atom. The molecule has 4 N–H and O–H groups in total. The third kappa shape index (κ3) is 3.89. The predicted octanol–water partition coefficient (Wildman–Crippen LogP) is 3.53. The van der Waals surface area contributed by atoms with Gasteiger partial charge in [-0.3, -0.25) is 5.10 Å². The number of H-pyrrole nitrogens is 1. The molecule has 3 aromatic rings. The van der Waals surface area contributed by atoms with Crippen molar-refractivity contribution in [2.75, 3.05) is 18.4 Å². The number of aromatic amines is 1. The van der Waals surface area contributed by atoms with E-state index in [9.17, 15) is 9.18 Å². The first-order valence-corrected chi connectivity index (χ1v) is 13.0. The molecular formula is C25H31FN8O2. The van der Waals surface area contributed by atoms with Crippen molar-refractivity contribution in [1.29, 1.82) is 0 Å². The van der Waals surface area contributed by atoms with Crippen LogP contribution in [0.4, 0.5) is 20.8 Å². The number of halogens is 1. The largest absolute Gasteiger partial charge is 0.443 e. The highest BCUT2D eigenvalue weighted by molar-refractivity contribution is 5.72. The molecule has 8 rings (SSSR count). The van der Waals surface area contributed by atoms with Crippen LogP contribution in [0.5, 0.6) is 0 Å². The Bertz CT molecular complexity index is 1270. The molecule has 0 unspecified atom stereocenters. The zero-order valence-corrected chi connectivity index (χ0v) is 20.0. The van der Waals surface area contributed by atoms with E-state index >= 15 is 0 Å². The maximum atomic E-state index is 14.8. The molecule has 1 amide bonds. The fourth-order valence-corrected chi connectivity index (χ4v) is 6.42. The number of aromatic nitrogens is 5. The Labute approximate surface area is 207 Å². The number of amides is 1. The molecule has 3 atom stereocenters. The van der Waals surface area contributed by atoms with E-state index in [0.29, 0.717) is 30.4 Å². The molecule has 10 nitrogen and oxygen atoms in total. The van der Waals surface area contributed by atoms with Crippen LogP contribution in [0.25, 0.3) is 5.52 Å². The van der Waals surface area contributed by atoms with Gasteiger partial charge in [0.2, 0.25) is 0 Å². The molecule has 0 spiro atoms. The van der Waals surface area contributed by atoms with Crippen molar-refractivity contribution < 1.29 is 13.9 Å². The van der Waals surface area contributed by atoms with Crippen LogP contribution in [-0.2, 0) is 4.74 Å². The zero-order chi connectivity index (χ0) is 24.3. The second-order valence-corrected chi connectivity index (χ2v) is 11.0. The first kappa shape index (κ1) is 22.0. The van der Waals surface area contributed by atoms with Gasteiger partial charge in [-0.25, -0.2) is 18.7 Å². The van der Waals surface area contributed by atoms with E-state index < -0.39 is 18.4 Å². The Balaban J connectivity index is 1.03. The summed E-state index contributed by atoms with van der Waals surface area (Å²) in [6.07, 6.45) is 7.24. The number of anilines is 2. The summed E-state index contributed by atoms with van der Waals surface area (Å²) >= 11 is 0. The number of nitrogens with zero attached hydrogens (tertiary/aromatic N) is 4. The van der Waals surface area contributed by atoms with Crippen molar-refractivity contribution in [2.45, 2.75) is 74.6 Å². The zero-order valence-electron chi connectivity index (χ0n) is 20.0. The molecule has 11 heteroatoms. The van der Waals surface area contributed by atoms with Crippen LogP contribution in [0.15, 0.2) is 24.5 Å². The number of carbonyl (C=O) groups is 1. The third-order valence-corrected chi connectivity index (χ3v) is 8.54. The van der Waals surface area contributed by atoms with Gasteiger partial charge in [0.1, 0.15) is 17.8 Å². The number of hydrogen-bond donors (Lipinski definition) is 4. The maximum absolute atomic E-state index is 14.8. The normalized spacial score (nSPS) is 31.6. The number of fused-ring (bicyclic) bond motifs is 1.